The highest BCUT2D eigenvalue weighted by Gasteiger charge is 2.28. The number of hydrogen-bond donors (Lipinski definition) is 0. The number of benzene rings is 4. The van der Waals surface area contributed by atoms with Crippen molar-refractivity contribution in [3.63, 3.8) is 0 Å². The Morgan fingerprint density at radius 1 is 0.463 bits per heavy atom. The molecule has 0 N–H and O–H groups in total. The van der Waals surface area contributed by atoms with Crippen molar-refractivity contribution < 1.29 is 9.53 Å². The third-order valence-electron chi connectivity index (χ3n) is 9.62. The maximum absolute atomic E-state index is 12.6. The molecule has 0 spiro atoms. The maximum atomic E-state index is 12.6. The molecule has 6 heteroatoms. The summed E-state index contributed by atoms with van der Waals surface area (Å²) in [6, 6.07) is 38.0. The van der Waals surface area contributed by atoms with Gasteiger partial charge in [-0.05, 0) is 96.0 Å². The van der Waals surface area contributed by atoms with E-state index in [1.807, 2.05) is 110 Å². The van der Waals surface area contributed by atoms with E-state index < -0.39 is 0 Å². The molecule has 0 saturated heterocycles. The number of aliphatic imine (C=N–C) groups is 4. The first-order valence-electron chi connectivity index (χ1n) is 18.2. The van der Waals surface area contributed by atoms with Crippen molar-refractivity contribution in [3.05, 3.63) is 215 Å². The molecule has 5 aliphatic rings. The summed E-state index contributed by atoms with van der Waals surface area (Å²) >= 11 is 0. The molecule has 0 unspecified atom stereocenters. The molecule has 4 aromatic carbocycles. The average molecular weight is 699 g/mol. The lowest BCUT2D eigenvalue weighted by Gasteiger charge is -2.13. The van der Waals surface area contributed by atoms with Gasteiger partial charge in [-0.3, -0.25) is 4.79 Å². The van der Waals surface area contributed by atoms with Gasteiger partial charge in [0.25, 0.3) is 0 Å². The Morgan fingerprint density at radius 3 is 1.30 bits per heavy atom. The smallest absolute Gasteiger partial charge is 0.178 e. The van der Waals surface area contributed by atoms with Gasteiger partial charge in [0.15, 0.2) is 11.5 Å². The van der Waals surface area contributed by atoms with Crippen molar-refractivity contribution in [2.24, 2.45) is 20.0 Å². The van der Waals surface area contributed by atoms with Gasteiger partial charge in [0.1, 0.15) is 17.2 Å². The van der Waals surface area contributed by atoms with Crippen molar-refractivity contribution in [1.29, 1.82) is 0 Å². The minimum absolute atomic E-state index is 0.112. The Hall–Kier alpha value is -7.05. The summed E-state index contributed by atoms with van der Waals surface area (Å²) in [4.78, 5) is 33.6. The highest BCUT2D eigenvalue weighted by molar-refractivity contribution is 6.37. The van der Waals surface area contributed by atoms with E-state index in [1.165, 1.54) is 0 Å². The molecule has 0 aromatic heterocycles. The Bertz CT molecular complexity index is 2550. The van der Waals surface area contributed by atoms with E-state index in [1.54, 1.807) is 0 Å². The fourth-order valence-corrected chi connectivity index (χ4v) is 7.07. The lowest BCUT2D eigenvalue weighted by molar-refractivity contribution is 0.0981. The van der Waals surface area contributed by atoms with Crippen LogP contribution in [0.4, 0.5) is 0 Å². The van der Waals surface area contributed by atoms with E-state index in [2.05, 4.69) is 60.7 Å². The Morgan fingerprint density at radius 2 is 0.852 bits per heavy atom. The molecule has 0 saturated carbocycles. The number of fused-ring (bicyclic) bond motifs is 4. The highest BCUT2D eigenvalue weighted by atomic mass is 16.5. The van der Waals surface area contributed by atoms with Gasteiger partial charge >= 0.3 is 0 Å². The molecule has 0 fully saturated rings. The van der Waals surface area contributed by atoms with Gasteiger partial charge < -0.3 is 4.74 Å². The van der Waals surface area contributed by atoms with Crippen LogP contribution in [0.2, 0.25) is 0 Å². The zero-order valence-corrected chi connectivity index (χ0v) is 29.6. The molecule has 0 radical (unpaired) electrons. The van der Waals surface area contributed by atoms with Crippen LogP contribution in [0.5, 0.6) is 5.75 Å². The Balaban J connectivity index is 1.29. The molecule has 4 aromatic rings. The first kappa shape index (κ1) is 32.8. The lowest BCUT2D eigenvalue weighted by atomic mass is 9.98. The van der Waals surface area contributed by atoms with Crippen LogP contribution in [0.25, 0.3) is 16.7 Å². The Labute approximate surface area is 314 Å². The molecule has 54 heavy (non-hydrogen) atoms. The molecular weight excluding hydrogens is 665 g/mol. The van der Waals surface area contributed by atoms with Crippen LogP contribution >= 0.6 is 0 Å². The summed E-state index contributed by atoms with van der Waals surface area (Å²) in [6.45, 7) is 2.01. The Kier molecular flexibility index (Phi) is 8.61. The number of nitrogens with zero attached hydrogens (tertiary/aromatic N) is 4. The maximum Gasteiger partial charge on any atom is 0.178 e. The highest BCUT2D eigenvalue weighted by Crippen LogP contribution is 2.37. The molecular formula is C48H34N4O2. The van der Waals surface area contributed by atoms with Crippen molar-refractivity contribution in [2.45, 2.75) is 19.8 Å². The average Bonchev–Trinajstić information content (AvgIpc) is 4.06. The normalized spacial score (nSPS) is 17.1. The molecule has 9 rings (SSSR count). The van der Waals surface area contributed by atoms with E-state index in [0.717, 1.165) is 74.1 Å². The predicted molar refractivity (Wildman–Crippen MR) is 220 cm³/mol. The number of hydrogen-bond acceptors (Lipinski definition) is 6. The fraction of sp³-hybridized carbons (Fsp3) is 0.0625. The third kappa shape index (κ3) is 6.24. The van der Waals surface area contributed by atoms with Gasteiger partial charge in [-0.2, -0.15) is 0 Å². The van der Waals surface area contributed by atoms with Crippen LogP contribution < -0.4 is 4.74 Å². The molecule has 258 valence electrons. The largest absolute Gasteiger partial charge is 0.453 e. The first-order chi connectivity index (χ1) is 26.6. The predicted octanol–water partition coefficient (Wildman–Crippen LogP) is 10.6. The van der Waals surface area contributed by atoms with Crippen LogP contribution in [-0.4, -0.2) is 28.6 Å². The zero-order chi connectivity index (χ0) is 36.4. The number of carbonyl (C=O) groups is 1. The van der Waals surface area contributed by atoms with Crippen LogP contribution in [0.1, 0.15) is 46.8 Å². The molecule has 8 bridgehead atoms. The minimum atomic E-state index is 0.112. The molecule has 0 atom stereocenters. The monoisotopic (exact) mass is 698 g/mol. The molecule has 6 nitrogen and oxygen atoms in total. The quantitative estimate of drug-likeness (QED) is 0.172. The van der Waals surface area contributed by atoms with E-state index in [-0.39, 0.29) is 5.78 Å². The van der Waals surface area contributed by atoms with Crippen molar-refractivity contribution in [3.8, 4) is 5.75 Å². The molecule has 5 aliphatic heterocycles. The third-order valence-corrected chi connectivity index (χ3v) is 9.62. The van der Waals surface area contributed by atoms with Gasteiger partial charge in [-0.15, -0.1) is 0 Å². The van der Waals surface area contributed by atoms with Gasteiger partial charge in [0, 0.05) is 28.7 Å². The van der Waals surface area contributed by atoms with Crippen LogP contribution in [0.3, 0.4) is 0 Å². The summed E-state index contributed by atoms with van der Waals surface area (Å²) in [5.74, 6) is 1.19. The summed E-state index contributed by atoms with van der Waals surface area (Å²) in [7, 11) is 0. The topological polar surface area (TPSA) is 75.7 Å². The lowest BCUT2D eigenvalue weighted by Crippen LogP contribution is -2.09. The molecule has 5 heterocycles. The standard InChI is InChI=1S/C48H34N4O2/c1-2-12-44(53)31-19-21-35(22-20-31)54-48-42-29-27-40(51-42)46(33-15-8-4-9-16-33)38-25-23-36(49-38)45(32-13-6-3-7-14-32)37-24-26-39(50-37)47(34-17-10-5-11-18-34)41-28-30-43(48)52-41/h3-11,13-30H,2,12H2,1H3. The number of carbonyl (C=O) groups excluding carboxylic acids is 1. The number of rotatable bonds is 8. The zero-order valence-electron chi connectivity index (χ0n) is 29.6. The number of allylic oxidation sites excluding steroid dienone is 11. The van der Waals surface area contributed by atoms with Gasteiger partial charge in [0.05, 0.1) is 34.2 Å². The summed E-state index contributed by atoms with van der Waals surface area (Å²) in [5, 5.41) is 0. The second-order valence-corrected chi connectivity index (χ2v) is 13.2. The van der Waals surface area contributed by atoms with Gasteiger partial charge in [-0.25, -0.2) is 20.0 Å². The SMILES string of the molecule is CCCC(=O)c1ccc(OC2=C3C=CC(=N3)C(c3ccccc3)=C3C=CC(=N3)C(c3ccccc3)=C3C=CC(=N3)C(c3ccccc3)=C3C=CC2=N3)cc1. The second-order valence-electron chi connectivity index (χ2n) is 13.2. The number of Topliss-reactive ketones (excluding diaryl/α,β-unsaturated/α-hetero) is 1. The first-order valence-corrected chi connectivity index (χ1v) is 18.2. The van der Waals surface area contributed by atoms with Crippen LogP contribution in [0.15, 0.2) is 212 Å². The van der Waals surface area contributed by atoms with Crippen molar-refractivity contribution in [1.82, 2.24) is 0 Å². The van der Waals surface area contributed by atoms with E-state index >= 15 is 0 Å². The van der Waals surface area contributed by atoms with Crippen molar-refractivity contribution in [2.75, 3.05) is 0 Å². The minimum Gasteiger partial charge on any atom is -0.453 e. The summed E-state index contributed by atoms with van der Waals surface area (Å²) in [6.07, 6.45) is 17.5. The van der Waals surface area contributed by atoms with Crippen molar-refractivity contribution >= 4 is 45.3 Å². The van der Waals surface area contributed by atoms with E-state index in [4.69, 9.17) is 24.7 Å². The van der Waals surface area contributed by atoms with Gasteiger partial charge in [-0.1, -0.05) is 97.9 Å². The molecule has 0 amide bonds. The second kappa shape index (κ2) is 14.2. The van der Waals surface area contributed by atoms with Gasteiger partial charge in [0.2, 0.25) is 0 Å². The van der Waals surface area contributed by atoms with Crippen LogP contribution in [-0.2, 0) is 0 Å². The summed E-state index contributed by atoms with van der Waals surface area (Å²) in [5.41, 5.74) is 12.4. The van der Waals surface area contributed by atoms with E-state index in [0.29, 0.717) is 34.9 Å². The fourth-order valence-electron chi connectivity index (χ4n) is 7.07. The number of ketones is 1. The molecule has 0 aliphatic carbocycles. The summed E-state index contributed by atoms with van der Waals surface area (Å²) < 4.78 is 6.68. The van der Waals surface area contributed by atoms with Crippen LogP contribution in [0, 0.1) is 0 Å². The van der Waals surface area contributed by atoms with E-state index in [9.17, 15) is 4.79 Å². The number of ether oxygens (including phenoxy) is 1.